The van der Waals surface area contributed by atoms with Gasteiger partial charge in [-0.15, -0.1) is 0 Å². The molecule has 19 heavy (non-hydrogen) atoms. The summed E-state index contributed by atoms with van der Waals surface area (Å²) in [5, 5.41) is 3.91. The Morgan fingerprint density at radius 1 is 1.37 bits per heavy atom. The molecular formula is C12H18ClNO3S2. The summed E-state index contributed by atoms with van der Waals surface area (Å²) in [4.78, 5) is 0. The van der Waals surface area contributed by atoms with Crippen molar-refractivity contribution in [3.63, 3.8) is 0 Å². The van der Waals surface area contributed by atoms with Crippen molar-refractivity contribution in [3.8, 4) is 0 Å². The largest absolute Gasteiger partial charge is 0.319 e. The Bertz CT molecular complexity index is 476. The van der Waals surface area contributed by atoms with Crippen molar-refractivity contribution in [2.24, 2.45) is 0 Å². The third kappa shape index (κ3) is 7.17. The van der Waals surface area contributed by atoms with Gasteiger partial charge in [0.25, 0.3) is 0 Å². The number of hydrogen-bond acceptors (Lipinski definition) is 4. The van der Waals surface area contributed by atoms with Crippen LogP contribution in [0, 0.1) is 0 Å². The fraction of sp³-hybridized carbons (Fsp3) is 0.500. The molecule has 0 radical (unpaired) electrons. The Morgan fingerprint density at radius 3 is 2.53 bits per heavy atom. The van der Waals surface area contributed by atoms with Gasteiger partial charge in [-0.2, -0.15) is 8.42 Å². The Balaban J connectivity index is 2.35. The zero-order valence-electron chi connectivity index (χ0n) is 10.7. The average molecular weight is 324 g/mol. The summed E-state index contributed by atoms with van der Waals surface area (Å²) in [6, 6.07) is 7.75. The van der Waals surface area contributed by atoms with Gasteiger partial charge in [-0.05, 0) is 40.8 Å². The molecule has 0 aliphatic carbocycles. The van der Waals surface area contributed by atoms with Crippen molar-refractivity contribution in [1.29, 1.82) is 0 Å². The minimum absolute atomic E-state index is 0.329. The summed E-state index contributed by atoms with van der Waals surface area (Å²) in [5.74, 6) is 0.698. The maximum absolute atomic E-state index is 10.5. The molecule has 0 heterocycles. The molecule has 1 rings (SSSR count). The first kappa shape index (κ1) is 16.8. The lowest BCUT2D eigenvalue weighted by Crippen LogP contribution is -2.24. The van der Waals surface area contributed by atoms with Crippen molar-refractivity contribution >= 4 is 31.5 Å². The third-order valence-corrected chi connectivity index (χ3v) is 5.05. The first-order chi connectivity index (χ1) is 8.92. The van der Waals surface area contributed by atoms with E-state index >= 15 is 0 Å². The highest BCUT2D eigenvalue weighted by molar-refractivity contribution is 8.69. The van der Waals surface area contributed by atoms with Crippen LogP contribution in [-0.2, 0) is 9.15 Å². The first-order valence-electron chi connectivity index (χ1n) is 6.00. The molecule has 4 nitrogen and oxygen atoms in total. The van der Waals surface area contributed by atoms with E-state index in [1.54, 1.807) is 0 Å². The Labute approximate surface area is 123 Å². The third-order valence-electron chi connectivity index (χ3n) is 2.74. The van der Waals surface area contributed by atoms with Crippen molar-refractivity contribution in [1.82, 2.24) is 5.32 Å². The first-order valence-corrected chi connectivity index (χ1v) is 9.32. The SMILES string of the molecule is CCC(CNCCSS(=O)(=O)O)c1ccc(Cl)cc1. The van der Waals surface area contributed by atoms with Gasteiger partial charge < -0.3 is 5.32 Å². The monoisotopic (exact) mass is 323 g/mol. The molecule has 108 valence electrons. The van der Waals surface area contributed by atoms with Crippen LogP contribution in [0.4, 0.5) is 0 Å². The zero-order chi connectivity index (χ0) is 14.3. The number of benzene rings is 1. The van der Waals surface area contributed by atoms with E-state index in [4.69, 9.17) is 16.2 Å². The van der Waals surface area contributed by atoms with E-state index in [1.807, 2.05) is 24.3 Å². The van der Waals surface area contributed by atoms with Gasteiger partial charge in [-0.3, -0.25) is 4.55 Å². The lowest BCUT2D eigenvalue weighted by molar-refractivity contribution is 0.503. The molecule has 1 atom stereocenters. The van der Waals surface area contributed by atoms with Gasteiger partial charge in [0.05, 0.1) is 0 Å². The average Bonchev–Trinajstić information content (AvgIpc) is 2.34. The quantitative estimate of drug-likeness (QED) is 0.437. The molecule has 0 aliphatic heterocycles. The van der Waals surface area contributed by atoms with E-state index in [-0.39, 0.29) is 0 Å². The summed E-state index contributed by atoms with van der Waals surface area (Å²) in [6.45, 7) is 3.41. The molecule has 2 N–H and O–H groups in total. The Hall–Kier alpha value is -0.270. The molecule has 0 amide bonds. The standard InChI is InChI=1S/C12H18ClNO3S2/c1-2-10(11-3-5-12(13)6-4-11)9-14-7-8-18-19(15,16)17/h3-6,10,14H,2,7-9H2,1H3,(H,15,16,17). The fourth-order valence-corrected chi connectivity index (χ4v) is 3.17. The molecule has 0 aromatic heterocycles. The zero-order valence-corrected chi connectivity index (χ0v) is 13.1. The van der Waals surface area contributed by atoms with Crippen molar-refractivity contribution in [3.05, 3.63) is 34.9 Å². The van der Waals surface area contributed by atoms with Crippen LogP contribution in [0.3, 0.4) is 0 Å². The van der Waals surface area contributed by atoms with E-state index in [2.05, 4.69) is 12.2 Å². The second-order valence-corrected chi connectivity index (χ2v) is 8.02. The highest BCUT2D eigenvalue weighted by Gasteiger charge is 2.09. The number of rotatable bonds is 8. The minimum Gasteiger partial charge on any atom is -0.315 e. The van der Waals surface area contributed by atoms with Gasteiger partial charge in [0.1, 0.15) is 0 Å². The predicted molar refractivity (Wildman–Crippen MR) is 81.4 cm³/mol. The second-order valence-electron chi connectivity index (χ2n) is 4.11. The lowest BCUT2D eigenvalue weighted by atomic mass is 9.96. The van der Waals surface area contributed by atoms with E-state index in [0.717, 1.165) is 18.0 Å². The maximum Gasteiger partial charge on any atom is 0.319 e. The van der Waals surface area contributed by atoms with Crippen LogP contribution < -0.4 is 5.32 Å². The smallest absolute Gasteiger partial charge is 0.315 e. The number of nitrogens with one attached hydrogen (secondary N) is 1. The molecule has 0 saturated heterocycles. The van der Waals surface area contributed by atoms with Gasteiger partial charge in [0.2, 0.25) is 0 Å². The lowest BCUT2D eigenvalue weighted by Gasteiger charge is -2.16. The molecule has 7 heteroatoms. The molecule has 0 spiro atoms. The predicted octanol–water partition coefficient (Wildman–Crippen LogP) is 2.96. The van der Waals surface area contributed by atoms with Crippen LogP contribution in [0.25, 0.3) is 0 Å². The van der Waals surface area contributed by atoms with Gasteiger partial charge in [-0.25, -0.2) is 0 Å². The van der Waals surface area contributed by atoms with Crippen molar-refractivity contribution in [2.75, 3.05) is 18.8 Å². The molecular weight excluding hydrogens is 306 g/mol. The fourth-order valence-electron chi connectivity index (χ4n) is 1.73. The molecule has 1 unspecified atom stereocenters. The van der Waals surface area contributed by atoms with Gasteiger partial charge in [0.15, 0.2) is 0 Å². The molecule has 0 saturated carbocycles. The summed E-state index contributed by atoms with van der Waals surface area (Å²) in [6.07, 6.45) is 0.986. The minimum atomic E-state index is -3.93. The Morgan fingerprint density at radius 2 is 2.00 bits per heavy atom. The van der Waals surface area contributed by atoms with Gasteiger partial charge in [0, 0.05) is 23.9 Å². The maximum atomic E-state index is 10.5. The van der Waals surface area contributed by atoms with Gasteiger partial charge in [-0.1, -0.05) is 30.7 Å². The number of hydrogen-bond donors (Lipinski definition) is 2. The molecule has 1 aromatic rings. The van der Waals surface area contributed by atoms with E-state index in [1.165, 1.54) is 5.56 Å². The highest BCUT2D eigenvalue weighted by Crippen LogP contribution is 2.20. The van der Waals surface area contributed by atoms with E-state index in [0.29, 0.717) is 29.0 Å². The molecule has 0 fully saturated rings. The van der Waals surface area contributed by atoms with E-state index < -0.39 is 9.15 Å². The van der Waals surface area contributed by atoms with Crippen LogP contribution in [-0.4, -0.2) is 31.8 Å². The summed E-state index contributed by atoms with van der Waals surface area (Å²) >= 11 is 5.85. The molecule has 0 bridgehead atoms. The van der Waals surface area contributed by atoms with E-state index in [9.17, 15) is 8.42 Å². The summed E-state index contributed by atoms with van der Waals surface area (Å²) < 4.78 is 29.6. The van der Waals surface area contributed by atoms with Gasteiger partial charge >= 0.3 is 9.15 Å². The van der Waals surface area contributed by atoms with Crippen LogP contribution in [0.2, 0.25) is 5.02 Å². The summed E-state index contributed by atoms with van der Waals surface area (Å²) in [7, 11) is -3.39. The van der Waals surface area contributed by atoms with Crippen LogP contribution in [0.15, 0.2) is 24.3 Å². The molecule has 0 aliphatic rings. The van der Waals surface area contributed by atoms with Crippen molar-refractivity contribution in [2.45, 2.75) is 19.3 Å². The molecule has 1 aromatic carbocycles. The van der Waals surface area contributed by atoms with Crippen LogP contribution in [0.1, 0.15) is 24.8 Å². The number of halogens is 1. The topological polar surface area (TPSA) is 66.4 Å². The van der Waals surface area contributed by atoms with Crippen LogP contribution in [0.5, 0.6) is 0 Å². The second kappa shape index (κ2) is 8.11. The van der Waals surface area contributed by atoms with Crippen molar-refractivity contribution < 1.29 is 13.0 Å². The summed E-state index contributed by atoms with van der Waals surface area (Å²) in [5.41, 5.74) is 1.21. The normalized spacial score (nSPS) is 13.4. The highest BCUT2D eigenvalue weighted by atomic mass is 35.5. The van der Waals surface area contributed by atoms with Crippen LogP contribution >= 0.6 is 22.4 Å². The Kier molecular flexibility index (Phi) is 7.17.